The molecule has 0 aromatic rings. The van der Waals surface area contributed by atoms with Crippen molar-refractivity contribution in [3.05, 3.63) is 0 Å². The quantitative estimate of drug-likeness (QED) is 0.252. The Kier molecular flexibility index (Phi) is 3330. The van der Waals surface area contributed by atoms with Crippen LogP contribution in [0.1, 0.15) is 0 Å². The van der Waals surface area contributed by atoms with Crippen LogP contribution in [0.3, 0.4) is 0 Å². The summed E-state index contributed by atoms with van der Waals surface area (Å²) < 4.78 is 0. The smallest absolute Gasteiger partial charge is 0 e. The van der Waals surface area contributed by atoms with E-state index in [1.165, 1.54) is 0 Å². The predicted octanol–water partition coefficient (Wildman–Crippen LogP) is -3.29. The van der Waals surface area contributed by atoms with E-state index in [-0.39, 0.29) is 125 Å². The Bertz CT molecular complexity index is 15.7. The molecule has 80 valence electrons. The SMILES string of the molecule is O.O.O.[Fe].[Fe].[Fe].[Fe].[SH-].[SH-].[SH-]. The van der Waals surface area contributed by atoms with Gasteiger partial charge < -0.3 is 56.9 Å². The summed E-state index contributed by atoms with van der Waals surface area (Å²) in [6.07, 6.45) is 0. The Labute approximate surface area is 124 Å². The van der Waals surface area contributed by atoms with Crippen LogP contribution in [0, 0.1) is 0 Å². The largest absolute Gasteiger partial charge is 0.813 e. The summed E-state index contributed by atoms with van der Waals surface area (Å²) in [6.45, 7) is 0. The third-order valence-corrected chi connectivity index (χ3v) is 0. The summed E-state index contributed by atoms with van der Waals surface area (Å²) in [5, 5.41) is 0. The van der Waals surface area contributed by atoms with Gasteiger partial charge in [-0.25, -0.2) is 0 Å². The molecule has 0 saturated heterocycles. The van der Waals surface area contributed by atoms with E-state index in [1.807, 2.05) is 0 Å². The molecule has 0 heterocycles. The van der Waals surface area contributed by atoms with Gasteiger partial charge >= 0.3 is 0 Å². The average Bonchev–Trinajstić information content (AvgIpc) is 0. The van der Waals surface area contributed by atoms with Gasteiger partial charge in [0.1, 0.15) is 0 Å². The molecule has 0 unspecified atom stereocenters. The van der Waals surface area contributed by atoms with E-state index in [4.69, 9.17) is 0 Å². The van der Waals surface area contributed by atoms with Gasteiger partial charge in [0.15, 0.2) is 0 Å². The van der Waals surface area contributed by atoms with Gasteiger partial charge in [-0.15, -0.1) is 0 Å². The van der Waals surface area contributed by atoms with E-state index in [0.29, 0.717) is 0 Å². The minimum atomic E-state index is 0. The fourth-order valence-corrected chi connectivity index (χ4v) is 0. The summed E-state index contributed by atoms with van der Waals surface area (Å²) in [7, 11) is 0. The molecule has 0 rings (SSSR count). The monoisotopic (exact) mass is 377 g/mol. The van der Waals surface area contributed by atoms with Gasteiger partial charge in [-0.1, -0.05) is 0 Å². The second kappa shape index (κ2) is 161. The van der Waals surface area contributed by atoms with Crippen LogP contribution in [-0.4, -0.2) is 16.4 Å². The molecule has 0 saturated carbocycles. The van der Waals surface area contributed by atoms with Crippen LogP contribution in [0.4, 0.5) is 0 Å². The summed E-state index contributed by atoms with van der Waals surface area (Å²) in [6, 6.07) is 0. The molecule has 10 heteroatoms. The molecule has 10 heavy (non-hydrogen) atoms. The molecule has 3 nitrogen and oxygen atoms in total. The zero-order valence-corrected chi connectivity index (χ0v) is 11.4. The van der Waals surface area contributed by atoms with Crippen LogP contribution < -0.4 is 0 Å². The normalized spacial score (nSPS) is 0. The van der Waals surface area contributed by atoms with Gasteiger partial charge in [0.2, 0.25) is 0 Å². The van der Waals surface area contributed by atoms with Crippen LogP contribution >= 0.6 is 0 Å². The van der Waals surface area contributed by atoms with E-state index in [0.717, 1.165) is 0 Å². The van der Waals surface area contributed by atoms with Crippen molar-refractivity contribution >= 4 is 40.5 Å². The molecule has 0 fully saturated rings. The first-order valence-electron chi connectivity index (χ1n) is 0. The predicted molar refractivity (Wildman–Crippen MR) is 37.1 cm³/mol. The molecule has 6 N–H and O–H groups in total. The summed E-state index contributed by atoms with van der Waals surface area (Å²) in [5.74, 6) is 0. The zero-order valence-electron chi connectivity index (χ0n) is 4.26. The fourth-order valence-electron chi connectivity index (χ4n) is 0. The summed E-state index contributed by atoms with van der Waals surface area (Å²) in [5.41, 5.74) is 0. The molecule has 0 aliphatic carbocycles. The van der Waals surface area contributed by atoms with Crippen molar-refractivity contribution in [2.45, 2.75) is 0 Å². The third kappa shape index (κ3) is 122. The Morgan fingerprint density at radius 3 is 0.300 bits per heavy atom. The van der Waals surface area contributed by atoms with Gasteiger partial charge in [0.05, 0.1) is 0 Å². The molecule has 0 radical (unpaired) electrons. The first-order valence-corrected chi connectivity index (χ1v) is 0. The van der Waals surface area contributed by atoms with Crippen molar-refractivity contribution in [2.24, 2.45) is 0 Å². The van der Waals surface area contributed by atoms with E-state index in [2.05, 4.69) is 0 Å². The molecule has 0 aromatic carbocycles. The molecule has 0 aliphatic heterocycles. The number of rotatable bonds is 0. The first-order chi connectivity index (χ1) is 0. The van der Waals surface area contributed by atoms with Crippen molar-refractivity contribution < 1.29 is 84.7 Å². The van der Waals surface area contributed by atoms with Crippen molar-refractivity contribution in [2.75, 3.05) is 0 Å². The van der Waals surface area contributed by atoms with Crippen LogP contribution in [0.2, 0.25) is 0 Å². The van der Waals surface area contributed by atoms with Crippen LogP contribution in [0.25, 0.3) is 0 Å². The summed E-state index contributed by atoms with van der Waals surface area (Å²) >= 11 is 0. The van der Waals surface area contributed by atoms with Gasteiger partial charge in [-0.2, -0.15) is 0 Å². The topological polar surface area (TPSA) is 94.5 Å². The Morgan fingerprint density at radius 1 is 0.300 bits per heavy atom. The maximum absolute atomic E-state index is 0. The Hall–Kier alpha value is 3.01. The standard InChI is InChI=1S/4Fe.3H2O.3H2S/h;;;;6*1H2/p-3. The van der Waals surface area contributed by atoms with Crippen LogP contribution in [0.5, 0.6) is 0 Å². The number of hydrogen-bond acceptors (Lipinski definition) is 3. The van der Waals surface area contributed by atoms with E-state index >= 15 is 0 Å². The second-order valence-electron chi connectivity index (χ2n) is 0. The Balaban J connectivity index is 0. The van der Waals surface area contributed by atoms with E-state index in [9.17, 15) is 0 Å². The molecular weight excluding hydrogens is 368 g/mol. The zero-order chi connectivity index (χ0) is 0. The fraction of sp³-hybridized carbons (Fsp3) is 0. The molecule has 0 amide bonds. The number of hydrogen-bond donors (Lipinski definition) is 0. The molecule has 0 aliphatic rings. The first kappa shape index (κ1) is 207. The maximum atomic E-state index is 0. The second-order valence-corrected chi connectivity index (χ2v) is 0. The third-order valence-electron chi connectivity index (χ3n) is 0. The molecular formula is H9Fe4O3S3-3. The van der Waals surface area contributed by atoms with Crippen LogP contribution in [-0.2, 0) is 109 Å². The maximum Gasteiger partial charge on any atom is 0 e. The van der Waals surface area contributed by atoms with Crippen molar-refractivity contribution in [1.29, 1.82) is 0 Å². The average molecular weight is 377 g/mol. The summed E-state index contributed by atoms with van der Waals surface area (Å²) in [4.78, 5) is 0. The van der Waals surface area contributed by atoms with Crippen molar-refractivity contribution in [3.63, 3.8) is 0 Å². The van der Waals surface area contributed by atoms with E-state index < -0.39 is 0 Å². The molecule has 0 spiro atoms. The minimum Gasteiger partial charge on any atom is -0.813 e. The van der Waals surface area contributed by atoms with Crippen molar-refractivity contribution in [3.8, 4) is 0 Å². The van der Waals surface area contributed by atoms with Gasteiger partial charge in [-0.05, 0) is 0 Å². The Morgan fingerprint density at radius 2 is 0.300 bits per heavy atom. The molecule has 0 atom stereocenters. The van der Waals surface area contributed by atoms with Crippen molar-refractivity contribution in [1.82, 2.24) is 0 Å². The molecule has 0 aromatic heterocycles. The van der Waals surface area contributed by atoms with E-state index in [1.54, 1.807) is 0 Å². The number of thiol groups is 3. The van der Waals surface area contributed by atoms with Gasteiger partial charge in [0.25, 0.3) is 0 Å². The molecule has 0 bridgehead atoms. The van der Waals surface area contributed by atoms with Gasteiger partial charge in [-0.3, -0.25) is 0 Å². The minimum absolute atomic E-state index is 0. The van der Waals surface area contributed by atoms with Crippen LogP contribution in [0.15, 0.2) is 0 Å². The van der Waals surface area contributed by atoms with Gasteiger partial charge in [0, 0.05) is 68.3 Å².